The van der Waals surface area contributed by atoms with Gasteiger partial charge < -0.3 is 9.63 Å². The fourth-order valence-electron chi connectivity index (χ4n) is 1.53. The van der Waals surface area contributed by atoms with Crippen LogP contribution in [0.1, 0.15) is 19.7 Å². The summed E-state index contributed by atoms with van der Waals surface area (Å²) in [5.74, 6) is 0.123. The minimum absolute atomic E-state index is 0.0104. The number of aromatic nitrogens is 2. The number of phenolic OH excluding ortho intramolecular Hbond substituents is 1. The SMILES string of the molecule is CC(C)Cc1noc(-c2c(O)cccc2F)n1. The van der Waals surface area contributed by atoms with E-state index in [2.05, 4.69) is 10.1 Å². The van der Waals surface area contributed by atoms with Gasteiger partial charge in [-0.15, -0.1) is 0 Å². The van der Waals surface area contributed by atoms with E-state index >= 15 is 0 Å². The van der Waals surface area contributed by atoms with E-state index in [1.807, 2.05) is 13.8 Å². The first-order valence-electron chi connectivity index (χ1n) is 5.38. The van der Waals surface area contributed by atoms with Gasteiger partial charge in [-0.05, 0) is 18.1 Å². The van der Waals surface area contributed by atoms with E-state index in [0.717, 1.165) is 0 Å². The van der Waals surface area contributed by atoms with Gasteiger partial charge in [0.2, 0.25) is 0 Å². The maximum Gasteiger partial charge on any atom is 0.264 e. The van der Waals surface area contributed by atoms with Gasteiger partial charge in [0.25, 0.3) is 5.89 Å². The summed E-state index contributed by atoms with van der Waals surface area (Å²) >= 11 is 0. The van der Waals surface area contributed by atoms with E-state index < -0.39 is 5.82 Å². The van der Waals surface area contributed by atoms with Crippen LogP contribution in [0.2, 0.25) is 0 Å². The first kappa shape index (κ1) is 11.6. The molecular formula is C12H13FN2O2. The van der Waals surface area contributed by atoms with Crippen LogP contribution in [0.3, 0.4) is 0 Å². The Balaban J connectivity index is 2.37. The van der Waals surface area contributed by atoms with Crippen molar-refractivity contribution < 1.29 is 14.0 Å². The molecule has 0 saturated carbocycles. The summed E-state index contributed by atoms with van der Waals surface area (Å²) in [7, 11) is 0. The molecule has 1 aromatic heterocycles. The number of rotatable bonds is 3. The number of benzene rings is 1. The summed E-state index contributed by atoms with van der Waals surface area (Å²) in [5.41, 5.74) is -0.0463. The Morgan fingerprint density at radius 2 is 2.18 bits per heavy atom. The molecule has 90 valence electrons. The third-order valence-corrected chi connectivity index (χ3v) is 2.26. The number of aromatic hydroxyl groups is 1. The first-order valence-corrected chi connectivity index (χ1v) is 5.38. The summed E-state index contributed by atoms with van der Waals surface area (Å²) in [6.07, 6.45) is 0.652. The standard InChI is InChI=1S/C12H13FN2O2/c1-7(2)6-10-14-12(17-15-10)11-8(13)4-3-5-9(11)16/h3-5,7,16H,6H2,1-2H3. The third-order valence-electron chi connectivity index (χ3n) is 2.26. The van der Waals surface area contributed by atoms with Crippen LogP contribution in [0.25, 0.3) is 11.5 Å². The van der Waals surface area contributed by atoms with Crippen molar-refractivity contribution in [2.24, 2.45) is 5.92 Å². The molecule has 2 aromatic rings. The predicted molar refractivity (Wildman–Crippen MR) is 59.9 cm³/mol. The van der Waals surface area contributed by atoms with Crippen LogP contribution in [-0.4, -0.2) is 15.2 Å². The molecule has 5 heteroatoms. The quantitative estimate of drug-likeness (QED) is 0.890. The van der Waals surface area contributed by atoms with E-state index in [0.29, 0.717) is 18.2 Å². The van der Waals surface area contributed by atoms with E-state index in [4.69, 9.17) is 4.52 Å². The smallest absolute Gasteiger partial charge is 0.264 e. The minimum atomic E-state index is -0.579. The highest BCUT2D eigenvalue weighted by Gasteiger charge is 2.17. The van der Waals surface area contributed by atoms with Gasteiger partial charge in [-0.1, -0.05) is 25.1 Å². The summed E-state index contributed by atoms with van der Waals surface area (Å²) in [6.45, 7) is 4.05. The third kappa shape index (κ3) is 2.43. The zero-order valence-electron chi connectivity index (χ0n) is 9.64. The van der Waals surface area contributed by atoms with E-state index in [9.17, 15) is 9.50 Å². The van der Waals surface area contributed by atoms with Gasteiger partial charge >= 0.3 is 0 Å². The zero-order valence-corrected chi connectivity index (χ0v) is 9.64. The highest BCUT2D eigenvalue weighted by molar-refractivity contribution is 5.62. The Hall–Kier alpha value is -1.91. The zero-order chi connectivity index (χ0) is 12.4. The van der Waals surface area contributed by atoms with Crippen LogP contribution in [0.5, 0.6) is 5.75 Å². The second-order valence-electron chi connectivity index (χ2n) is 4.25. The lowest BCUT2D eigenvalue weighted by molar-refractivity contribution is 0.410. The molecule has 4 nitrogen and oxygen atoms in total. The maximum absolute atomic E-state index is 13.5. The summed E-state index contributed by atoms with van der Waals surface area (Å²) in [6, 6.07) is 4.03. The van der Waals surface area contributed by atoms with Crippen molar-refractivity contribution in [3.8, 4) is 17.2 Å². The van der Waals surface area contributed by atoms with Crippen LogP contribution in [0.15, 0.2) is 22.7 Å². The fourth-order valence-corrected chi connectivity index (χ4v) is 1.53. The topological polar surface area (TPSA) is 59.2 Å². The Kier molecular flexibility index (Phi) is 3.08. The molecule has 0 fully saturated rings. The van der Waals surface area contributed by atoms with Crippen LogP contribution in [0.4, 0.5) is 4.39 Å². The molecule has 0 spiro atoms. The van der Waals surface area contributed by atoms with Crippen molar-refractivity contribution in [3.05, 3.63) is 29.8 Å². The van der Waals surface area contributed by atoms with E-state index in [1.165, 1.54) is 18.2 Å². The molecule has 0 amide bonds. The lowest BCUT2D eigenvalue weighted by Gasteiger charge is -1.99. The maximum atomic E-state index is 13.5. The van der Waals surface area contributed by atoms with Crippen molar-refractivity contribution in [3.63, 3.8) is 0 Å². The lowest BCUT2D eigenvalue weighted by atomic mass is 10.1. The fraction of sp³-hybridized carbons (Fsp3) is 0.333. The highest BCUT2D eigenvalue weighted by Crippen LogP contribution is 2.30. The Bertz CT molecular complexity index is 503. The van der Waals surface area contributed by atoms with Crippen molar-refractivity contribution in [1.82, 2.24) is 10.1 Å². The van der Waals surface area contributed by atoms with E-state index in [-0.39, 0.29) is 17.2 Å². The number of hydrogen-bond acceptors (Lipinski definition) is 4. The monoisotopic (exact) mass is 236 g/mol. The molecule has 0 aliphatic carbocycles. The second kappa shape index (κ2) is 4.53. The molecule has 1 heterocycles. The molecule has 0 saturated heterocycles. The largest absolute Gasteiger partial charge is 0.507 e. The Morgan fingerprint density at radius 3 is 2.82 bits per heavy atom. The summed E-state index contributed by atoms with van der Waals surface area (Å²) in [5, 5.41) is 13.3. The van der Waals surface area contributed by atoms with Gasteiger partial charge in [0.15, 0.2) is 5.82 Å². The number of halogens is 1. The van der Waals surface area contributed by atoms with Gasteiger partial charge in [-0.2, -0.15) is 4.98 Å². The van der Waals surface area contributed by atoms with Crippen molar-refractivity contribution in [2.45, 2.75) is 20.3 Å². The van der Waals surface area contributed by atoms with Crippen molar-refractivity contribution in [2.75, 3.05) is 0 Å². The molecular weight excluding hydrogens is 223 g/mol. The molecule has 0 aliphatic rings. The average molecular weight is 236 g/mol. The molecule has 0 aliphatic heterocycles. The second-order valence-corrected chi connectivity index (χ2v) is 4.25. The molecule has 0 bridgehead atoms. The number of phenols is 1. The molecule has 0 unspecified atom stereocenters. The molecule has 0 atom stereocenters. The van der Waals surface area contributed by atoms with Crippen molar-refractivity contribution >= 4 is 0 Å². The Morgan fingerprint density at radius 1 is 1.41 bits per heavy atom. The summed E-state index contributed by atoms with van der Waals surface area (Å²) < 4.78 is 18.5. The molecule has 1 aromatic carbocycles. The summed E-state index contributed by atoms with van der Waals surface area (Å²) in [4.78, 5) is 4.06. The minimum Gasteiger partial charge on any atom is -0.507 e. The predicted octanol–water partition coefficient (Wildman–Crippen LogP) is 2.78. The lowest BCUT2D eigenvalue weighted by Crippen LogP contribution is -1.96. The van der Waals surface area contributed by atoms with Gasteiger partial charge in [0.1, 0.15) is 17.1 Å². The van der Waals surface area contributed by atoms with Gasteiger partial charge in [0.05, 0.1) is 0 Å². The van der Waals surface area contributed by atoms with Gasteiger partial charge in [0, 0.05) is 6.42 Å². The van der Waals surface area contributed by atoms with Crippen LogP contribution in [-0.2, 0) is 6.42 Å². The van der Waals surface area contributed by atoms with Crippen LogP contribution < -0.4 is 0 Å². The molecule has 0 radical (unpaired) electrons. The first-order chi connectivity index (χ1) is 8.08. The van der Waals surface area contributed by atoms with E-state index in [1.54, 1.807) is 0 Å². The van der Waals surface area contributed by atoms with Crippen molar-refractivity contribution in [1.29, 1.82) is 0 Å². The molecule has 2 rings (SSSR count). The normalized spacial score (nSPS) is 11.1. The molecule has 1 N–H and O–H groups in total. The number of nitrogens with zero attached hydrogens (tertiary/aromatic N) is 2. The van der Waals surface area contributed by atoms with Crippen LogP contribution in [0, 0.1) is 11.7 Å². The Labute approximate surface area is 98.1 Å². The number of hydrogen-bond donors (Lipinski definition) is 1. The van der Waals surface area contributed by atoms with Crippen LogP contribution >= 0.6 is 0 Å². The highest BCUT2D eigenvalue weighted by atomic mass is 19.1. The van der Waals surface area contributed by atoms with Gasteiger partial charge in [-0.25, -0.2) is 4.39 Å². The average Bonchev–Trinajstić information content (AvgIpc) is 2.65. The van der Waals surface area contributed by atoms with Gasteiger partial charge in [-0.3, -0.25) is 0 Å². The molecule has 17 heavy (non-hydrogen) atoms.